The molecule has 0 N–H and O–H groups in total. The molecule has 0 unspecified atom stereocenters. The first-order valence-corrected chi connectivity index (χ1v) is 3.63. The van der Waals surface area contributed by atoms with Crippen LogP contribution in [0.1, 0.15) is 12.0 Å². The lowest BCUT2D eigenvalue weighted by Crippen LogP contribution is -2.17. The second-order valence-corrected chi connectivity index (χ2v) is 2.24. The van der Waals surface area contributed by atoms with Crippen molar-refractivity contribution in [2.45, 2.75) is 6.29 Å². The third-order valence-electron chi connectivity index (χ3n) is 1.29. The fourth-order valence-electron chi connectivity index (χ4n) is 0.799. The SMILES string of the molecule is O=[N+]([O-])OC(O[N+](=O)[O-])c1ccccn1. The minimum absolute atomic E-state index is 0.0640. The van der Waals surface area contributed by atoms with Gasteiger partial charge >= 0.3 is 0 Å². The minimum atomic E-state index is -1.77. The van der Waals surface area contributed by atoms with Crippen molar-refractivity contribution in [3.8, 4) is 0 Å². The molecule has 0 saturated carbocycles. The van der Waals surface area contributed by atoms with Gasteiger partial charge in [-0.05, 0) is 12.1 Å². The van der Waals surface area contributed by atoms with Gasteiger partial charge in [0.05, 0.1) is 5.69 Å². The average Bonchev–Trinajstić information content (AvgIpc) is 2.17. The zero-order valence-corrected chi connectivity index (χ0v) is 7.18. The van der Waals surface area contributed by atoms with Crippen LogP contribution in [-0.4, -0.2) is 15.2 Å². The fourth-order valence-corrected chi connectivity index (χ4v) is 0.799. The predicted octanol–water partition coefficient (Wildman–Crippen LogP) is 0.497. The lowest BCUT2D eigenvalue weighted by molar-refractivity contribution is -0.855. The number of pyridine rings is 1. The van der Waals surface area contributed by atoms with E-state index < -0.39 is 16.5 Å². The third kappa shape index (κ3) is 3.42. The molecule has 15 heavy (non-hydrogen) atoms. The molecule has 0 spiro atoms. The number of aromatic nitrogens is 1. The molecule has 80 valence electrons. The fraction of sp³-hybridized carbons (Fsp3) is 0.167. The maximum Gasteiger partial charge on any atom is 0.297 e. The van der Waals surface area contributed by atoms with Gasteiger partial charge in [-0.1, -0.05) is 6.07 Å². The number of hydrogen-bond donors (Lipinski definition) is 0. The molecule has 1 rings (SSSR count). The Balaban J connectivity index is 2.81. The van der Waals surface area contributed by atoms with E-state index in [4.69, 9.17) is 0 Å². The van der Waals surface area contributed by atoms with Gasteiger partial charge in [-0.2, -0.15) is 0 Å². The summed E-state index contributed by atoms with van der Waals surface area (Å²) in [6, 6.07) is 4.33. The highest BCUT2D eigenvalue weighted by Gasteiger charge is 2.21. The van der Waals surface area contributed by atoms with Gasteiger partial charge in [-0.15, -0.1) is 20.2 Å². The van der Waals surface area contributed by atoms with E-state index in [0.29, 0.717) is 0 Å². The van der Waals surface area contributed by atoms with Crippen LogP contribution < -0.4 is 0 Å². The predicted molar refractivity (Wildman–Crippen MR) is 43.1 cm³/mol. The highest BCUT2D eigenvalue weighted by atomic mass is 17.0. The summed E-state index contributed by atoms with van der Waals surface area (Å²) in [6.45, 7) is 0. The molecule has 9 nitrogen and oxygen atoms in total. The largest absolute Gasteiger partial charge is 0.297 e. The third-order valence-corrected chi connectivity index (χ3v) is 1.29. The van der Waals surface area contributed by atoms with Crippen LogP contribution in [0.5, 0.6) is 0 Å². The average molecular weight is 215 g/mol. The Morgan fingerprint density at radius 3 is 2.20 bits per heavy atom. The molecule has 1 heterocycles. The first-order chi connectivity index (χ1) is 7.09. The van der Waals surface area contributed by atoms with Gasteiger partial charge in [-0.25, -0.2) is 0 Å². The van der Waals surface area contributed by atoms with Crippen LogP contribution in [0, 0.1) is 20.2 Å². The molecular formula is C6H5N3O6. The first kappa shape index (κ1) is 10.6. The monoisotopic (exact) mass is 215 g/mol. The van der Waals surface area contributed by atoms with Gasteiger partial charge < -0.3 is 0 Å². The summed E-state index contributed by atoms with van der Waals surface area (Å²) in [4.78, 5) is 31.5. The maximum atomic E-state index is 10.0. The van der Waals surface area contributed by atoms with Crippen LogP contribution in [-0.2, 0) is 9.68 Å². The number of hydrogen-bond acceptors (Lipinski definition) is 7. The lowest BCUT2D eigenvalue weighted by Gasteiger charge is -2.10. The number of nitrogens with zero attached hydrogens (tertiary/aromatic N) is 3. The molecule has 9 heteroatoms. The molecule has 0 bridgehead atoms. The summed E-state index contributed by atoms with van der Waals surface area (Å²) in [5.41, 5.74) is -0.0640. The molecule has 0 amide bonds. The van der Waals surface area contributed by atoms with Crippen molar-refractivity contribution in [2.24, 2.45) is 0 Å². The van der Waals surface area contributed by atoms with Gasteiger partial charge in [-0.3, -0.25) is 14.7 Å². The van der Waals surface area contributed by atoms with Crippen molar-refractivity contribution in [3.05, 3.63) is 50.3 Å². The van der Waals surface area contributed by atoms with Crippen LogP contribution in [0.2, 0.25) is 0 Å². The molecule has 0 aliphatic heterocycles. The van der Waals surface area contributed by atoms with E-state index in [1.807, 2.05) is 0 Å². The van der Waals surface area contributed by atoms with Gasteiger partial charge in [0, 0.05) is 6.20 Å². The molecule has 0 radical (unpaired) electrons. The van der Waals surface area contributed by atoms with Crippen molar-refractivity contribution in [1.82, 2.24) is 4.98 Å². The molecule has 0 saturated heterocycles. The van der Waals surface area contributed by atoms with Gasteiger partial charge in [0.1, 0.15) is 0 Å². The zero-order chi connectivity index (χ0) is 11.3. The van der Waals surface area contributed by atoms with E-state index in [2.05, 4.69) is 14.7 Å². The van der Waals surface area contributed by atoms with Crippen molar-refractivity contribution in [3.63, 3.8) is 0 Å². The van der Waals surface area contributed by atoms with Crippen molar-refractivity contribution in [2.75, 3.05) is 0 Å². The Hall–Kier alpha value is -2.45. The quantitative estimate of drug-likeness (QED) is 0.398. The molecule has 1 aromatic rings. The van der Waals surface area contributed by atoms with E-state index >= 15 is 0 Å². The lowest BCUT2D eigenvalue weighted by atomic mass is 10.3. The van der Waals surface area contributed by atoms with Crippen LogP contribution in [0.3, 0.4) is 0 Å². The first-order valence-electron chi connectivity index (χ1n) is 3.63. The van der Waals surface area contributed by atoms with Crippen LogP contribution in [0.15, 0.2) is 24.4 Å². The topological polar surface area (TPSA) is 118 Å². The maximum absolute atomic E-state index is 10.0. The van der Waals surface area contributed by atoms with Crippen LogP contribution in [0.4, 0.5) is 0 Å². The van der Waals surface area contributed by atoms with Crippen molar-refractivity contribution in [1.29, 1.82) is 0 Å². The Kier molecular flexibility index (Phi) is 3.33. The standard InChI is InChI=1S/C6H5N3O6/c10-8(11)14-6(15-9(12)13)5-3-1-2-4-7-5/h1-4,6H. The molecule has 0 aromatic carbocycles. The molecular weight excluding hydrogens is 210 g/mol. The van der Waals surface area contributed by atoms with Crippen molar-refractivity contribution < 1.29 is 19.8 Å². The number of rotatable bonds is 5. The molecule has 0 atom stereocenters. The summed E-state index contributed by atoms with van der Waals surface area (Å²) >= 11 is 0. The normalized spacial score (nSPS) is 9.67. The smallest absolute Gasteiger partial charge is 0.276 e. The van der Waals surface area contributed by atoms with Gasteiger partial charge in [0.25, 0.3) is 16.5 Å². The highest BCUT2D eigenvalue weighted by Crippen LogP contribution is 2.15. The van der Waals surface area contributed by atoms with E-state index in [1.54, 1.807) is 6.07 Å². The highest BCUT2D eigenvalue weighted by molar-refractivity contribution is 5.04. The Morgan fingerprint density at radius 2 is 1.80 bits per heavy atom. The van der Waals surface area contributed by atoms with Crippen LogP contribution in [0.25, 0.3) is 0 Å². The Bertz CT molecular complexity index is 339. The van der Waals surface area contributed by atoms with Crippen molar-refractivity contribution >= 4 is 0 Å². The Labute approximate surface area is 82.5 Å². The van der Waals surface area contributed by atoms with E-state index in [9.17, 15) is 20.2 Å². The second kappa shape index (κ2) is 4.69. The summed E-state index contributed by atoms with van der Waals surface area (Å²) in [5.74, 6) is 0. The summed E-state index contributed by atoms with van der Waals surface area (Å²) in [5, 5.41) is 17.7. The zero-order valence-electron chi connectivity index (χ0n) is 7.18. The summed E-state index contributed by atoms with van der Waals surface area (Å²) in [6.07, 6.45) is -0.467. The van der Waals surface area contributed by atoms with E-state index in [1.165, 1.54) is 18.3 Å². The second-order valence-electron chi connectivity index (χ2n) is 2.24. The summed E-state index contributed by atoms with van der Waals surface area (Å²) in [7, 11) is 0. The van der Waals surface area contributed by atoms with Gasteiger partial charge in [0.15, 0.2) is 0 Å². The molecule has 1 aromatic heterocycles. The Morgan fingerprint density at radius 1 is 1.20 bits per heavy atom. The molecule has 0 aliphatic rings. The molecule has 0 fully saturated rings. The van der Waals surface area contributed by atoms with Crippen LogP contribution >= 0.6 is 0 Å². The summed E-state index contributed by atoms with van der Waals surface area (Å²) < 4.78 is 0. The van der Waals surface area contributed by atoms with E-state index in [0.717, 1.165) is 0 Å². The minimum Gasteiger partial charge on any atom is -0.276 e. The van der Waals surface area contributed by atoms with E-state index in [-0.39, 0.29) is 5.69 Å². The molecule has 0 aliphatic carbocycles. The van der Waals surface area contributed by atoms with Gasteiger partial charge in [0.2, 0.25) is 0 Å².